The van der Waals surface area contributed by atoms with Crippen molar-refractivity contribution in [3.05, 3.63) is 72.1 Å². The van der Waals surface area contributed by atoms with Gasteiger partial charge in [-0.3, -0.25) is 4.79 Å². The van der Waals surface area contributed by atoms with Crippen LogP contribution in [0.5, 0.6) is 0 Å². The molecule has 1 aliphatic rings. The minimum absolute atomic E-state index is 0.0549. The van der Waals surface area contributed by atoms with Gasteiger partial charge in [0.15, 0.2) is 0 Å². The molecule has 30 heavy (non-hydrogen) atoms. The molecule has 5 rings (SSSR count). The molecule has 1 amide bonds. The molecule has 4 heterocycles. The predicted octanol–water partition coefficient (Wildman–Crippen LogP) is 2.86. The van der Waals surface area contributed by atoms with Crippen molar-refractivity contribution in [2.45, 2.75) is 26.4 Å². The maximum atomic E-state index is 13.0. The number of benzene rings is 1. The second-order valence-corrected chi connectivity index (χ2v) is 7.31. The van der Waals surface area contributed by atoms with E-state index in [-0.39, 0.29) is 12.5 Å². The van der Waals surface area contributed by atoms with Crippen LogP contribution in [0, 0.1) is 6.92 Å². The molecule has 0 aliphatic carbocycles. The number of aryl methyl sites for hydroxylation is 1. The normalized spacial score (nSPS) is 13.3. The molecule has 150 valence electrons. The van der Waals surface area contributed by atoms with Crippen LogP contribution < -0.4 is 5.32 Å². The molecule has 0 atom stereocenters. The van der Waals surface area contributed by atoms with Gasteiger partial charge in [-0.05, 0) is 37.6 Å². The Morgan fingerprint density at radius 1 is 1.10 bits per heavy atom. The highest BCUT2D eigenvalue weighted by Crippen LogP contribution is 2.26. The maximum absolute atomic E-state index is 13.0. The fraction of sp³-hybridized carbons (Fsp3) is 0.227. The summed E-state index contributed by atoms with van der Waals surface area (Å²) in [5.41, 5.74) is 3.78. The van der Waals surface area contributed by atoms with Crippen LogP contribution >= 0.6 is 0 Å². The summed E-state index contributed by atoms with van der Waals surface area (Å²) in [5, 5.41) is 3.30. The summed E-state index contributed by atoms with van der Waals surface area (Å²) < 4.78 is 1.90. The molecule has 0 radical (unpaired) electrons. The number of imidazole rings is 1. The number of aromatic nitrogens is 5. The first-order valence-electron chi connectivity index (χ1n) is 9.89. The van der Waals surface area contributed by atoms with Gasteiger partial charge in [-0.15, -0.1) is 0 Å². The summed E-state index contributed by atoms with van der Waals surface area (Å²) in [7, 11) is 0. The number of carbonyl (C=O) groups excluding carboxylic acids is 1. The van der Waals surface area contributed by atoms with E-state index in [1.807, 2.05) is 58.9 Å². The van der Waals surface area contributed by atoms with E-state index >= 15 is 0 Å². The van der Waals surface area contributed by atoms with E-state index in [2.05, 4.69) is 25.3 Å². The fourth-order valence-electron chi connectivity index (χ4n) is 3.81. The number of pyridine rings is 1. The molecule has 8 nitrogen and oxygen atoms in total. The lowest BCUT2D eigenvalue weighted by molar-refractivity contribution is -0.132. The lowest BCUT2D eigenvalue weighted by Crippen LogP contribution is -2.38. The van der Waals surface area contributed by atoms with Gasteiger partial charge in [0.25, 0.3) is 0 Å². The van der Waals surface area contributed by atoms with Crippen LogP contribution in [0.1, 0.15) is 17.1 Å². The van der Waals surface area contributed by atoms with E-state index in [1.54, 1.807) is 12.5 Å². The molecule has 1 aromatic carbocycles. The first-order valence-corrected chi connectivity index (χ1v) is 9.89. The zero-order valence-electron chi connectivity index (χ0n) is 16.6. The molecule has 0 unspecified atom stereocenters. The van der Waals surface area contributed by atoms with Gasteiger partial charge < -0.3 is 14.8 Å². The third kappa shape index (κ3) is 3.47. The summed E-state index contributed by atoms with van der Waals surface area (Å²) in [5.74, 6) is 2.23. The molecule has 1 aliphatic heterocycles. The van der Waals surface area contributed by atoms with Crippen LogP contribution in [0.4, 0.5) is 11.6 Å². The van der Waals surface area contributed by atoms with E-state index in [0.717, 1.165) is 33.9 Å². The number of hydrogen-bond donors (Lipinski definition) is 1. The van der Waals surface area contributed by atoms with E-state index in [9.17, 15) is 4.79 Å². The minimum atomic E-state index is 0.0549. The second-order valence-electron chi connectivity index (χ2n) is 7.31. The highest BCUT2D eigenvalue weighted by atomic mass is 16.2. The molecule has 0 spiro atoms. The number of anilines is 2. The number of hydrogen-bond acceptors (Lipinski definition) is 6. The first kappa shape index (κ1) is 18.2. The van der Waals surface area contributed by atoms with Gasteiger partial charge in [-0.2, -0.15) is 0 Å². The van der Waals surface area contributed by atoms with Crippen molar-refractivity contribution >= 4 is 28.6 Å². The number of amides is 1. The number of nitrogens with zero attached hydrogens (tertiary/aromatic N) is 6. The largest absolute Gasteiger partial charge is 0.335 e. The Labute approximate surface area is 173 Å². The molecule has 1 N–H and O–H groups in total. The number of para-hydroxylation sites is 2. The van der Waals surface area contributed by atoms with Crippen LogP contribution in [0.25, 0.3) is 11.0 Å². The van der Waals surface area contributed by atoms with Crippen molar-refractivity contribution in [2.75, 3.05) is 11.9 Å². The smallest absolute Gasteiger partial charge is 0.242 e. The van der Waals surface area contributed by atoms with Gasteiger partial charge >= 0.3 is 0 Å². The molecule has 0 fully saturated rings. The molecule has 0 bridgehead atoms. The number of rotatable bonds is 4. The zero-order chi connectivity index (χ0) is 20.5. The maximum Gasteiger partial charge on any atom is 0.242 e. The summed E-state index contributed by atoms with van der Waals surface area (Å²) in [6, 6.07) is 13.5. The number of nitrogens with one attached hydrogen (secondary N) is 1. The quantitative estimate of drug-likeness (QED) is 0.568. The third-order valence-corrected chi connectivity index (χ3v) is 5.27. The summed E-state index contributed by atoms with van der Waals surface area (Å²) in [6.45, 7) is 3.23. The Balaban J connectivity index is 1.36. The summed E-state index contributed by atoms with van der Waals surface area (Å²) >= 11 is 0. The Bertz CT molecular complexity index is 1220. The Kier molecular flexibility index (Phi) is 4.59. The lowest BCUT2D eigenvalue weighted by atomic mass is 10.0. The van der Waals surface area contributed by atoms with Gasteiger partial charge in [0, 0.05) is 18.3 Å². The van der Waals surface area contributed by atoms with Crippen LogP contribution in [0.3, 0.4) is 0 Å². The topological polar surface area (TPSA) is 88.8 Å². The molecular formula is C22H21N7O. The van der Waals surface area contributed by atoms with Gasteiger partial charge in [0.1, 0.15) is 24.0 Å². The third-order valence-electron chi connectivity index (χ3n) is 5.27. The number of carbonyl (C=O) groups is 1. The Morgan fingerprint density at radius 3 is 2.83 bits per heavy atom. The van der Waals surface area contributed by atoms with Crippen molar-refractivity contribution < 1.29 is 4.79 Å². The monoisotopic (exact) mass is 399 g/mol. The summed E-state index contributed by atoms with van der Waals surface area (Å²) in [6.07, 6.45) is 4.16. The van der Waals surface area contributed by atoms with Gasteiger partial charge in [0.2, 0.25) is 5.91 Å². The van der Waals surface area contributed by atoms with Crippen LogP contribution in [-0.2, 0) is 24.3 Å². The summed E-state index contributed by atoms with van der Waals surface area (Å²) in [4.78, 5) is 32.7. The van der Waals surface area contributed by atoms with Crippen LogP contribution in [0.15, 0.2) is 55.0 Å². The average Bonchev–Trinajstić information content (AvgIpc) is 3.17. The zero-order valence-corrected chi connectivity index (χ0v) is 16.6. The average molecular weight is 399 g/mol. The van der Waals surface area contributed by atoms with E-state index in [4.69, 9.17) is 0 Å². The highest BCUT2D eigenvalue weighted by Gasteiger charge is 2.25. The molecule has 8 heteroatoms. The first-order chi connectivity index (χ1) is 14.7. The Morgan fingerprint density at radius 2 is 1.97 bits per heavy atom. The van der Waals surface area contributed by atoms with Gasteiger partial charge in [0.05, 0.1) is 29.6 Å². The molecule has 0 saturated heterocycles. The van der Waals surface area contributed by atoms with E-state index in [1.165, 1.54) is 0 Å². The molecule has 4 aromatic rings. The van der Waals surface area contributed by atoms with E-state index < -0.39 is 0 Å². The van der Waals surface area contributed by atoms with Gasteiger partial charge in [-0.1, -0.05) is 18.2 Å². The van der Waals surface area contributed by atoms with Crippen molar-refractivity contribution in [3.63, 3.8) is 0 Å². The van der Waals surface area contributed by atoms with Crippen molar-refractivity contribution in [1.29, 1.82) is 0 Å². The minimum Gasteiger partial charge on any atom is -0.335 e. The predicted molar refractivity (Wildman–Crippen MR) is 113 cm³/mol. The van der Waals surface area contributed by atoms with Gasteiger partial charge in [-0.25, -0.2) is 19.9 Å². The van der Waals surface area contributed by atoms with Crippen molar-refractivity contribution in [3.8, 4) is 0 Å². The van der Waals surface area contributed by atoms with Crippen LogP contribution in [0.2, 0.25) is 0 Å². The van der Waals surface area contributed by atoms with E-state index in [0.29, 0.717) is 25.3 Å². The molecular weight excluding hydrogens is 378 g/mol. The highest BCUT2D eigenvalue weighted by molar-refractivity contribution is 5.80. The van der Waals surface area contributed by atoms with Crippen molar-refractivity contribution in [1.82, 2.24) is 29.4 Å². The van der Waals surface area contributed by atoms with Crippen LogP contribution in [-0.4, -0.2) is 41.9 Å². The fourth-order valence-corrected chi connectivity index (χ4v) is 3.81. The second kappa shape index (κ2) is 7.55. The standard InChI is InChI=1S/C22H21N7O/c1-15-25-18-12-28(21(30)13-29-14-24-17-6-2-3-7-19(17)29)11-9-16(18)22(26-15)27-20-8-4-5-10-23-20/h2-8,10,14H,9,11-13H2,1H3,(H,23,25,26,27). The molecule has 0 saturated carbocycles. The SMILES string of the molecule is Cc1nc2c(c(Nc3ccccn3)n1)CCN(C(=O)Cn1cnc3ccccc31)C2. The Hall–Kier alpha value is -3.81. The lowest BCUT2D eigenvalue weighted by Gasteiger charge is -2.29. The molecule has 3 aromatic heterocycles. The van der Waals surface area contributed by atoms with Crippen molar-refractivity contribution in [2.24, 2.45) is 0 Å². The number of fused-ring (bicyclic) bond motifs is 2.